The minimum atomic E-state index is -0.444. The lowest BCUT2D eigenvalue weighted by Gasteiger charge is -2.50. The Balaban J connectivity index is 1.96. The zero-order valence-corrected chi connectivity index (χ0v) is 12.1. The van der Waals surface area contributed by atoms with E-state index in [1.165, 1.54) is 28.7 Å². The van der Waals surface area contributed by atoms with E-state index in [0.717, 1.165) is 12.8 Å². The molecule has 0 spiro atoms. The van der Waals surface area contributed by atoms with Crippen molar-refractivity contribution in [3.8, 4) is 0 Å². The largest absolute Gasteiger partial charge is 0.392 e. The number of fused-ring (bicyclic) bond motifs is 1. The molecule has 5 rings (SSSR count). The summed E-state index contributed by atoms with van der Waals surface area (Å²) < 4.78 is 0. The fourth-order valence-electron chi connectivity index (χ4n) is 4.56. The Labute approximate surface area is 125 Å². The molecule has 21 heavy (non-hydrogen) atoms. The number of nitrogens with two attached hydrogens (primary N) is 1. The van der Waals surface area contributed by atoms with Crippen molar-refractivity contribution in [2.24, 2.45) is 5.73 Å². The molecule has 0 fully saturated rings. The zero-order chi connectivity index (χ0) is 14.4. The number of aliphatic hydroxyl groups is 1. The van der Waals surface area contributed by atoms with Crippen LogP contribution in [0.15, 0.2) is 48.5 Å². The van der Waals surface area contributed by atoms with Gasteiger partial charge in [-0.25, -0.2) is 0 Å². The Bertz CT molecular complexity index is 631. The quantitative estimate of drug-likeness (QED) is 0.907. The van der Waals surface area contributed by atoms with Crippen LogP contribution in [0.2, 0.25) is 0 Å². The van der Waals surface area contributed by atoms with Crippen molar-refractivity contribution in [2.45, 2.75) is 36.7 Å². The van der Waals surface area contributed by atoms with Crippen LogP contribution in [0.4, 0.5) is 0 Å². The first-order valence-corrected chi connectivity index (χ1v) is 7.83. The van der Waals surface area contributed by atoms with Gasteiger partial charge in [-0.3, -0.25) is 0 Å². The molecule has 0 amide bonds. The van der Waals surface area contributed by atoms with Gasteiger partial charge in [0.05, 0.1) is 6.10 Å². The zero-order valence-electron chi connectivity index (χ0n) is 12.1. The van der Waals surface area contributed by atoms with Crippen LogP contribution < -0.4 is 5.73 Å². The van der Waals surface area contributed by atoms with Crippen LogP contribution >= 0.6 is 0 Å². The predicted molar refractivity (Wildman–Crippen MR) is 84.4 cm³/mol. The maximum Gasteiger partial charge on any atom is 0.0674 e. The van der Waals surface area contributed by atoms with E-state index in [0.29, 0.717) is 12.5 Å². The fourth-order valence-corrected chi connectivity index (χ4v) is 4.56. The van der Waals surface area contributed by atoms with E-state index < -0.39 is 6.10 Å². The second kappa shape index (κ2) is 4.69. The molecule has 3 aliphatic carbocycles. The molecule has 108 valence electrons. The predicted octanol–water partition coefficient (Wildman–Crippen LogP) is 2.92. The van der Waals surface area contributed by atoms with Crippen LogP contribution in [0.1, 0.15) is 47.4 Å². The topological polar surface area (TPSA) is 46.2 Å². The Morgan fingerprint density at radius 3 is 2.19 bits per heavy atom. The van der Waals surface area contributed by atoms with Crippen molar-refractivity contribution in [1.82, 2.24) is 0 Å². The van der Waals surface area contributed by atoms with E-state index in [1.54, 1.807) is 0 Å². The second-order valence-electron chi connectivity index (χ2n) is 6.44. The lowest BCUT2D eigenvalue weighted by atomic mass is 9.53. The van der Waals surface area contributed by atoms with Gasteiger partial charge in [0.2, 0.25) is 0 Å². The lowest BCUT2D eigenvalue weighted by Crippen LogP contribution is -2.43. The highest BCUT2D eigenvalue weighted by Gasteiger charge is 2.48. The summed E-state index contributed by atoms with van der Waals surface area (Å²) in [5.74, 6) is 0.522. The molecule has 2 aromatic rings. The van der Waals surface area contributed by atoms with Gasteiger partial charge in [-0.05, 0) is 41.5 Å². The normalized spacial score (nSPS) is 27.0. The van der Waals surface area contributed by atoms with Gasteiger partial charge in [0.15, 0.2) is 0 Å². The van der Waals surface area contributed by atoms with Crippen molar-refractivity contribution in [3.05, 3.63) is 70.8 Å². The van der Waals surface area contributed by atoms with Gasteiger partial charge in [0.25, 0.3) is 0 Å². The van der Waals surface area contributed by atoms with Gasteiger partial charge in [-0.1, -0.05) is 48.5 Å². The summed E-state index contributed by atoms with van der Waals surface area (Å²) in [7, 11) is 0. The summed E-state index contributed by atoms with van der Waals surface area (Å²) in [6.45, 7) is 0.329. The average Bonchev–Trinajstić information content (AvgIpc) is 2.55. The van der Waals surface area contributed by atoms with Gasteiger partial charge in [-0.15, -0.1) is 0 Å². The Hall–Kier alpha value is -1.64. The van der Waals surface area contributed by atoms with Crippen molar-refractivity contribution in [3.63, 3.8) is 0 Å². The van der Waals surface area contributed by atoms with Gasteiger partial charge in [0.1, 0.15) is 0 Å². The Kier molecular flexibility index (Phi) is 2.91. The van der Waals surface area contributed by atoms with E-state index in [9.17, 15) is 5.11 Å². The molecule has 0 radical (unpaired) electrons. The average molecular weight is 279 g/mol. The monoisotopic (exact) mass is 279 g/mol. The molecular formula is C19H21NO. The number of hydrogen-bond donors (Lipinski definition) is 2. The van der Waals surface area contributed by atoms with Gasteiger partial charge >= 0.3 is 0 Å². The summed E-state index contributed by atoms with van der Waals surface area (Å²) in [6.07, 6.45) is 2.57. The standard InChI is InChI=1S/C19H21NO/c20-12-13(21)11-19-10-9-14(15-5-1-3-7-17(15)19)16-6-2-4-8-18(16)19/h1-8,13-14,21H,9-12,20H2/t13-,14?,19?/m1/s1. The third kappa shape index (κ3) is 1.73. The first kappa shape index (κ1) is 13.1. The van der Waals surface area contributed by atoms with Crippen LogP contribution in [-0.4, -0.2) is 17.8 Å². The van der Waals surface area contributed by atoms with Crippen LogP contribution in [-0.2, 0) is 5.41 Å². The van der Waals surface area contributed by atoms with Gasteiger partial charge < -0.3 is 10.8 Å². The van der Waals surface area contributed by atoms with Crippen LogP contribution in [0.25, 0.3) is 0 Å². The Morgan fingerprint density at radius 2 is 1.62 bits per heavy atom. The number of aliphatic hydroxyl groups excluding tert-OH is 1. The van der Waals surface area contributed by atoms with Gasteiger partial charge in [-0.2, -0.15) is 0 Å². The minimum Gasteiger partial charge on any atom is -0.392 e. The summed E-state index contributed by atoms with van der Waals surface area (Å²) in [6, 6.07) is 17.5. The van der Waals surface area contributed by atoms with Crippen molar-refractivity contribution < 1.29 is 5.11 Å². The fraction of sp³-hybridized carbons (Fsp3) is 0.368. The van der Waals surface area contributed by atoms with E-state index in [4.69, 9.17) is 5.73 Å². The third-order valence-corrected chi connectivity index (χ3v) is 5.42. The molecule has 2 aromatic carbocycles. The second-order valence-corrected chi connectivity index (χ2v) is 6.44. The molecule has 3 N–H and O–H groups in total. The van der Waals surface area contributed by atoms with Crippen molar-refractivity contribution >= 4 is 0 Å². The molecule has 0 saturated heterocycles. The Morgan fingerprint density at radius 1 is 1.05 bits per heavy atom. The smallest absolute Gasteiger partial charge is 0.0674 e. The number of hydrogen-bond acceptors (Lipinski definition) is 2. The molecule has 3 aliphatic rings. The van der Waals surface area contributed by atoms with Gasteiger partial charge in [0, 0.05) is 17.9 Å². The molecule has 0 heterocycles. The van der Waals surface area contributed by atoms with E-state index in [2.05, 4.69) is 48.5 Å². The van der Waals surface area contributed by atoms with E-state index >= 15 is 0 Å². The third-order valence-electron chi connectivity index (χ3n) is 5.42. The first-order chi connectivity index (χ1) is 10.3. The van der Waals surface area contributed by atoms with Crippen LogP contribution in [0, 0.1) is 0 Å². The number of rotatable bonds is 3. The molecule has 2 bridgehead atoms. The van der Waals surface area contributed by atoms with E-state index in [1.807, 2.05) is 0 Å². The summed E-state index contributed by atoms with van der Waals surface area (Å²) in [5, 5.41) is 10.2. The summed E-state index contributed by atoms with van der Waals surface area (Å²) in [4.78, 5) is 0. The van der Waals surface area contributed by atoms with Crippen molar-refractivity contribution in [2.75, 3.05) is 6.54 Å². The molecular weight excluding hydrogens is 258 g/mol. The minimum absolute atomic E-state index is 0.0548. The van der Waals surface area contributed by atoms with Crippen molar-refractivity contribution in [1.29, 1.82) is 0 Å². The SMILES string of the molecule is NC[C@H](O)CC12CCC(c3ccccc31)c1ccccc12. The molecule has 2 nitrogen and oxygen atoms in total. The summed E-state index contributed by atoms with van der Waals surface area (Å²) >= 11 is 0. The highest BCUT2D eigenvalue weighted by atomic mass is 16.3. The molecule has 2 heteroatoms. The maximum absolute atomic E-state index is 10.2. The molecule has 0 aliphatic heterocycles. The highest BCUT2D eigenvalue weighted by molar-refractivity contribution is 5.59. The maximum atomic E-state index is 10.2. The summed E-state index contributed by atoms with van der Waals surface area (Å²) in [5.41, 5.74) is 11.4. The van der Waals surface area contributed by atoms with Crippen LogP contribution in [0.3, 0.4) is 0 Å². The van der Waals surface area contributed by atoms with E-state index in [-0.39, 0.29) is 5.41 Å². The first-order valence-electron chi connectivity index (χ1n) is 7.83. The lowest BCUT2D eigenvalue weighted by molar-refractivity contribution is 0.136. The molecule has 0 saturated carbocycles. The molecule has 0 unspecified atom stereocenters. The molecule has 1 atom stereocenters. The highest BCUT2D eigenvalue weighted by Crippen LogP contribution is 2.57. The van der Waals surface area contributed by atoms with Crippen LogP contribution in [0.5, 0.6) is 0 Å². The molecule has 0 aromatic heterocycles. The number of benzene rings is 2.